The van der Waals surface area contributed by atoms with Crippen LogP contribution < -0.4 is 5.32 Å². The Kier molecular flexibility index (Phi) is 7.36. The van der Waals surface area contributed by atoms with E-state index in [-0.39, 0.29) is 17.4 Å². The van der Waals surface area contributed by atoms with Gasteiger partial charge in [-0.2, -0.15) is 0 Å². The second kappa shape index (κ2) is 7.94. The second-order valence-corrected chi connectivity index (χ2v) is 4.54. The number of thioether (sulfide) groups is 1. The van der Waals surface area contributed by atoms with E-state index in [4.69, 9.17) is 5.11 Å². The highest BCUT2D eigenvalue weighted by Gasteiger charge is 2.19. The number of nitrogens with one attached hydrogen (secondary N) is 1. The number of carbonyl (C=O) groups is 3. The number of carbonyl (C=O) groups excluding carboxylic acids is 2. The van der Waals surface area contributed by atoms with Crippen LogP contribution in [0.3, 0.4) is 0 Å². The van der Waals surface area contributed by atoms with Crippen LogP contribution in [0, 0.1) is 0 Å². The monoisotopic (exact) mass is 262 g/mol. The Morgan fingerprint density at radius 2 is 2.00 bits per heavy atom. The van der Waals surface area contributed by atoms with Crippen molar-refractivity contribution in [3.63, 3.8) is 0 Å². The maximum absolute atomic E-state index is 11.4. The van der Waals surface area contributed by atoms with Crippen molar-refractivity contribution in [1.29, 1.82) is 0 Å². The van der Waals surface area contributed by atoms with Gasteiger partial charge in [0.15, 0.2) is 0 Å². The smallest absolute Gasteiger partial charge is 0.327 e. The largest absolute Gasteiger partial charge is 0.480 e. The van der Waals surface area contributed by atoms with Crippen molar-refractivity contribution in [1.82, 2.24) is 10.2 Å². The van der Waals surface area contributed by atoms with Gasteiger partial charge in [0.25, 0.3) is 0 Å². The molecular weight excluding hydrogens is 244 g/mol. The van der Waals surface area contributed by atoms with Gasteiger partial charge in [0.2, 0.25) is 11.8 Å². The third kappa shape index (κ3) is 6.83. The Morgan fingerprint density at radius 3 is 2.41 bits per heavy atom. The fourth-order valence-corrected chi connectivity index (χ4v) is 1.95. The molecule has 0 spiro atoms. The molecule has 2 N–H and O–H groups in total. The quantitative estimate of drug-likeness (QED) is 0.663. The summed E-state index contributed by atoms with van der Waals surface area (Å²) in [6.07, 6.45) is 0. The topological polar surface area (TPSA) is 86.7 Å². The number of hydrogen-bond donors (Lipinski definition) is 2. The molecular formula is C10H18N2O4S. The van der Waals surface area contributed by atoms with Gasteiger partial charge >= 0.3 is 5.97 Å². The van der Waals surface area contributed by atoms with Gasteiger partial charge in [-0.05, 0) is 6.92 Å². The van der Waals surface area contributed by atoms with Crippen LogP contribution >= 0.6 is 11.8 Å². The molecule has 0 radical (unpaired) electrons. The van der Waals surface area contributed by atoms with Crippen LogP contribution in [0.15, 0.2) is 0 Å². The van der Waals surface area contributed by atoms with Crippen molar-refractivity contribution in [3.8, 4) is 0 Å². The fourth-order valence-electron chi connectivity index (χ4n) is 0.971. The Hall–Kier alpha value is -1.24. The van der Waals surface area contributed by atoms with Crippen LogP contribution in [-0.2, 0) is 14.4 Å². The number of nitrogens with zero attached hydrogens (tertiary/aromatic N) is 1. The van der Waals surface area contributed by atoms with Crippen molar-refractivity contribution in [2.75, 3.05) is 25.1 Å². The highest BCUT2D eigenvalue weighted by molar-refractivity contribution is 8.00. The molecule has 0 unspecified atom stereocenters. The molecule has 6 nitrogen and oxygen atoms in total. The average Bonchev–Trinajstić information content (AvgIpc) is 2.25. The summed E-state index contributed by atoms with van der Waals surface area (Å²) in [5, 5.41) is 11.1. The van der Waals surface area contributed by atoms with E-state index < -0.39 is 17.9 Å². The number of amides is 2. The minimum absolute atomic E-state index is 0.0514. The fraction of sp³-hybridized carbons (Fsp3) is 0.700. The summed E-state index contributed by atoms with van der Waals surface area (Å²) < 4.78 is 0. The second-order valence-electron chi connectivity index (χ2n) is 3.51. The molecule has 0 aromatic rings. The Bertz CT molecular complexity index is 296. The van der Waals surface area contributed by atoms with E-state index in [2.05, 4.69) is 5.32 Å². The molecule has 7 heteroatoms. The highest BCUT2D eigenvalue weighted by Crippen LogP contribution is 2.05. The Balaban J connectivity index is 4.02. The minimum Gasteiger partial charge on any atom is -0.480 e. The van der Waals surface area contributed by atoms with Crippen molar-refractivity contribution in [2.45, 2.75) is 19.9 Å². The summed E-state index contributed by atoms with van der Waals surface area (Å²) in [6.45, 7) is 3.74. The Labute approximate surface area is 105 Å². The Morgan fingerprint density at radius 1 is 1.41 bits per heavy atom. The lowest BCUT2D eigenvalue weighted by atomic mass is 10.3. The first-order valence-electron chi connectivity index (χ1n) is 5.20. The lowest BCUT2D eigenvalue weighted by Crippen LogP contribution is -2.41. The van der Waals surface area contributed by atoms with Crippen LogP contribution in [0.25, 0.3) is 0 Å². The van der Waals surface area contributed by atoms with Crippen molar-refractivity contribution in [2.24, 2.45) is 0 Å². The van der Waals surface area contributed by atoms with Crippen LogP contribution in [-0.4, -0.2) is 58.9 Å². The van der Waals surface area contributed by atoms with E-state index in [9.17, 15) is 14.4 Å². The van der Waals surface area contributed by atoms with Gasteiger partial charge in [-0.15, -0.1) is 11.8 Å². The highest BCUT2D eigenvalue weighted by atomic mass is 32.2. The van der Waals surface area contributed by atoms with Crippen molar-refractivity contribution in [3.05, 3.63) is 0 Å². The average molecular weight is 262 g/mol. The molecule has 0 aromatic heterocycles. The van der Waals surface area contributed by atoms with Gasteiger partial charge < -0.3 is 15.3 Å². The standard InChI is InChI=1S/C10H18N2O4S/c1-4-12(3)9(14)6-17-5-8(10(15)16)11-7(2)13/h8H,4-6H2,1-3H3,(H,11,13)(H,15,16)/t8-/m0/s1. The number of hydrogen-bond acceptors (Lipinski definition) is 4. The molecule has 0 saturated carbocycles. The minimum atomic E-state index is -1.09. The molecule has 0 aliphatic rings. The summed E-state index contributed by atoms with van der Waals surface area (Å²) in [5.74, 6) is -1.14. The molecule has 1 atom stereocenters. The first-order valence-corrected chi connectivity index (χ1v) is 6.35. The molecule has 0 aliphatic heterocycles. The predicted molar refractivity (Wildman–Crippen MR) is 65.9 cm³/mol. The molecule has 0 aromatic carbocycles. The van der Waals surface area contributed by atoms with Crippen LogP contribution in [0.5, 0.6) is 0 Å². The summed E-state index contributed by atoms with van der Waals surface area (Å²) in [6, 6.07) is -0.947. The van der Waals surface area contributed by atoms with E-state index >= 15 is 0 Å². The van der Waals surface area contributed by atoms with E-state index in [1.165, 1.54) is 18.7 Å². The molecule has 17 heavy (non-hydrogen) atoms. The van der Waals surface area contributed by atoms with Crippen LogP contribution in [0.1, 0.15) is 13.8 Å². The summed E-state index contributed by atoms with van der Waals surface area (Å²) in [5.41, 5.74) is 0. The third-order valence-corrected chi connectivity index (χ3v) is 3.11. The zero-order chi connectivity index (χ0) is 13.4. The number of carboxylic acids is 1. The van der Waals surface area contributed by atoms with Gasteiger partial charge in [-0.1, -0.05) is 0 Å². The maximum atomic E-state index is 11.4. The zero-order valence-electron chi connectivity index (χ0n) is 10.2. The number of rotatable bonds is 7. The molecule has 2 amide bonds. The van der Waals surface area contributed by atoms with E-state index in [0.717, 1.165) is 0 Å². The molecule has 0 fully saturated rings. The molecule has 0 heterocycles. The van der Waals surface area contributed by atoms with Crippen molar-refractivity contribution >= 4 is 29.5 Å². The molecule has 0 saturated heterocycles. The molecule has 0 bridgehead atoms. The van der Waals surface area contributed by atoms with Gasteiger partial charge in [0.1, 0.15) is 6.04 Å². The number of aliphatic carboxylic acids is 1. The van der Waals surface area contributed by atoms with Gasteiger partial charge in [0.05, 0.1) is 5.75 Å². The van der Waals surface area contributed by atoms with Gasteiger partial charge in [-0.25, -0.2) is 4.79 Å². The SMILES string of the molecule is CCN(C)C(=O)CSC[C@H](NC(C)=O)C(=O)O. The van der Waals surface area contributed by atoms with E-state index in [1.807, 2.05) is 6.92 Å². The molecule has 98 valence electrons. The lowest BCUT2D eigenvalue weighted by Gasteiger charge is -2.16. The summed E-state index contributed by atoms with van der Waals surface area (Å²) in [7, 11) is 1.69. The normalized spacial score (nSPS) is 11.7. The molecule has 0 rings (SSSR count). The van der Waals surface area contributed by atoms with Gasteiger partial charge in [-0.3, -0.25) is 9.59 Å². The van der Waals surface area contributed by atoms with Crippen LogP contribution in [0.2, 0.25) is 0 Å². The summed E-state index contributed by atoms with van der Waals surface area (Å²) in [4.78, 5) is 34.5. The predicted octanol–water partition coefficient (Wildman–Crippen LogP) is -0.213. The first-order chi connectivity index (χ1) is 7.88. The van der Waals surface area contributed by atoms with Crippen molar-refractivity contribution < 1.29 is 19.5 Å². The first kappa shape index (κ1) is 15.8. The van der Waals surface area contributed by atoms with Crippen LogP contribution in [0.4, 0.5) is 0 Å². The van der Waals surface area contributed by atoms with E-state index in [0.29, 0.717) is 6.54 Å². The van der Waals surface area contributed by atoms with E-state index in [1.54, 1.807) is 11.9 Å². The zero-order valence-corrected chi connectivity index (χ0v) is 11.0. The third-order valence-electron chi connectivity index (χ3n) is 2.09. The summed E-state index contributed by atoms with van der Waals surface area (Å²) >= 11 is 1.20. The maximum Gasteiger partial charge on any atom is 0.327 e. The molecule has 0 aliphatic carbocycles. The van der Waals surface area contributed by atoms with Gasteiger partial charge in [0, 0.05) is 26.3 Å². The number of carboxylic acid groups (broad SMARTS) is 1. The lowest BCUT2D eigenvalue weighted by molar-refractivity contribution is -0.140.